The first kappa shape index (κ1) is 26.2. The Morgan fingerprint density at radius 1 is 0.667 bits per heavy atom. The molecule has 5 aromatic carbocycles. The molecule has 0 unspecified atom stereocenters. The number of hydrogen-bond acceptors (Lipinski definition) is 0. The molecule has 0 atom stereocenters. The number of benzene rings is 3. The van der Waals surface area contributed by atoms with Gasteiger partial charge in [-0.15, -0.1) is 41.1 Å². The molecule has 1 nitrogen and oxygen atoms in total. The van der Waals surface area contributed by atoms with E-state index in [0.29, 0.717) is 0 Å². The third kappa shape index (κ3) is 6.03. The first-order chi connectivity index (χ1) is 14.9. The fourth-order valence-electron chi connectivity index (χ4n) is 3.94. The summed E-state index contributed by atoms with van der Waals surface area (Å²) in [6, 6.07) is 42.6. The maximum Gasteiger partial charge on any atom is 4.00 e. The Kier molecular flexibility index (Phi) is 9.69. The van der Waals surface area contributed by atoms with E-state index < -0.39 is 0 Å². The van der Waals surface area contributed by atoms with Crippen LogP contribution in [0.1, 0.15) is 11.1 Å². The summed E-state index contributed by atoms with van der Waals surface area (Å²) in [6.07, 6.45) is 3.19. The van der Waals surface area contributed by atoms with Crippen molar-refractivity contribution in [3.05, 3.63) is 139 Å². The molecule has 0 aliphatic carbocycles. The van der Waals surface area contributed by atoms with Crippen LogP contribution in [0.5, 0.6) is 0 Å². The SMILES string of the molecule is [F-].[F-].[Zr+4].c1ccc(C[c-]2cccc2)cc1.c1ccc2[cH-]c(-n3ccc4ccccc43)cc2c1. The minimum Gasteiger partial charge on any atom is -1.00 e. The fraction of sp³-hybridized carbons (Fsp3) is 0.0345. The maximum atomic E-state index is 2.25. The van der Waals surface area contributed by atoms with Crippen molar-refractivity contribution < 1.29 is 35.6 Å². The molecule has 1 heterocycles. The molecule has 0 amide bonds. The Morgan fingerprint density at radius 2 is 1.30 bits per heavy atom. The van der Waals surface area contributed by atoms with Crippen LogP contribution in [0.15, 0.2) is 128 Å². The summed E-state index contributed by atoms with van der Waals surface area (Å²) in [5, 5.41) is 3.87. The molecule has 6 aromatic rings. The first-order valence-electron chi connectivity index (χ1n) is 10.3. The van der Waals surface area contributed by atoms with Crippen molar-refractivity contribution in [2.24, 2.45) is 0 Å². The van der Waals surface area contributed by atoms with Crippen molar-refractivity contribution in [1.29, 1.82) is 0 Å². The van der Waals surface area contributed by atoms with Crippen molar-refractivity contribution in [1.82, 2.24) is 4.57 Å². The monoisotopic (exact) mass is 513 g/mol. The summed E-state index contributed by atoms with van der Waals surface area (Å²) in [4.78, 5) is 0. The van der Waals surface area contributed by atoms with Gasteiger partial charge in [0.05, 0.1) is 5.52 Å². The molecule has 162 valence electrons. The molecule has 0 bridgehead atoms. The molecule has 0 saturated heterocycles. The Labute approximate surface area is 211 Å². The normalized spacial score (nSPS) is 9.82. The maximum absolute atomic E-state index is 2.25. The zero-order valence-electron chi connectivity index (χ0n) is 18.0. The van der Waals surface area contributed by atoms with Gasteiger partial charge in [-0.1, -0.05) is 60.2 Å². The van der Waals surface area contributed by atoms with Gasteiger partial charge in [0.25, 0.3) is 0 Å². The molecule has 1 aromatic heterocycles. The van der Waals surface area contributed by atoms with Gasteiger partial charge in [0.2, 0.25) is 0 Å². The number of nitrogens with zero attached hydrogens (tertiary/aromatic N) is 1. The summed E-state index contributed by atoms with van der Waals surface area (Å²) in [5.41, 5.74) is 5.26. The number of aromatic nitrogens is 1. The second kappa shape index (κ2) is 12.2. The molecule has 6 rings (SSSR count). The van der Waals surface area contributed by atoms with Crippen LogP contribution in [0.25, 0.3) is 27.4 Å². The average Bonchev–Trinajstić information content (AvgIpc) is 3.54. The molecule has 0 aliphatic rings. The van der Waals surface area contributed by atoms with E-state index in [2.05, 4.69) is 132 Å². The zero-order valence-corrected chi connectivity index (χ0v) is 20.5. The van der Waals surface area contributed by atoms with Crippen LogP contribution in [-0.2, 0) is 32.6 Å². The number of halogens is 2. The van der Waals surface area contributed by atoms with Crippen molar-refractivity contribution in [3.63, 3.8) is 0 Å². The Bertz CT molecular complexity index is 1330. The largest absolute Gasteiger partial charge is 4.00 e. The van der Waals surface area contributed by atoms with E-state index >= 15 is 0 Å². The van der Waals surface area contributed by atoms with E-state index in [1.165, 1.54) is 38.5 Å². The van der Waals surface area contributed by atoms with Gasteiger partial charge in [-0.25, -0.2) is 12.1 Å². The number of hydrogen-bond donors (Lipinski definition) is 0. The van der Waals surface area contributed by atoms with Crippen molar-refractivity contribution in [2.45, 2.75) is 6.42 Å². The van der Waals surface area contributed by atoms with Crippen LogP contribution < -0.4 is 9.41 Å². The molecular weight excluding hydrogens is 492 g/mol. The molecule has 0 saturated carbocycles. The summed E-state index contributed by atoms with van der Waals surface area (Å²) in [7, 11) is 0. The molecule has 0 spiro atoms. The van der Waals surface area contributed by atoms with Gasteiger partial charge in [-0.05, 0) is 29.6 Å². The standard InChI is InChI=1S/C17H12N.C12H11.2FH.Zr/c1-2-7-15-12-16(11-14(15)6-1)18-10-9-13-5-3-4-8-17(13)18;1-2-6-11(7-3-1)10-12-8-4-5-9-12;;;/h1-12H;1-9H,10H2;2*1H;/q2*-1;;;+4/p-2. The van der Waals surface area contributed by atoms with Gasteiger partial charge in [-0.2, -0.15) is 17.7 Å². The molecular formula is C29H23F2NZr. The predicted octanol–water partition coefficient (Wildman–Crippen LogP) is 1.50. The van der Waals surface area contributed by atoms with Gasteiger partial charge < -0.3 is 14.0 Å². The van der Waals surface area contributed by atoms with Crippen LogP contribution in [0.3, 0.4) is 0 Å². The van der Waals surface area contributed by atoms with E-state index in [9.17, 15) is 0 Å². The van der Waals surface area contributed by atoms with Crippen molar-refractivity contribution in [3.8, 4) is 5.69 Å². The van der Waals surface area contributed by atoms with E-state index in [0.717, 1.165) is 6.42 Å². The average molecular weight is 515 g/mol. The molecule has 0 aliphatic heterocycles. The minimum atomic E-state index is 0. The Hall–Kier alpha value is -3.10. The smallest absolute Gasteiger partial charge is 1.00 e. The van der Waals surface area contributed by atoms with Crippen LogP contribution in [0.2, 0.25) is 0 Å². The van der Waals surface area contributed by atoms with E-state index in [4.69, 9.17) is 0 Å². The predicted molar refractivity (Wildman–Crippen MR) is 128 cm³/mol. The molecule has 0 N–H and O–H groups in total. The minimum absolute atomic E-state index is 0. The summed E-state index contributed by atoms with van der Waals surface area (Å²) >= 11 is 0. The second-order valence-corrected chi connectivity index (χ2v) is 7.54. The summed E-state index contributed by atoms with van der Waals surface area (Å²) in [5.74, 6) is 0. The van der Waals surface area contributed by atoms with Crippen LogP contribution in [0, 0.1) is 0 Å². The van der Waals surface area contributed by atoms with Gasteiger partial charge in [0.15, 0.2) is 0 Å². The number of fused-ring (bicyclic) bond motifs is 2. The molecule has 33 heavy (non-hydrogen) atoms. The van der Waals surface area contributed by atoms with Crippen molar-refractivity contribution in [2.75, 3.05) is 0 Å². The van der Waals surface area contributed by atoms with Crippen molar-refractivity contribution >= 4 is 21.7 Å². The summed E-state index contributed by atoms with van der Waals surface area (Å²) < 4.78 is 2.25. The second-order valence-electron chi connectivity index (χ2n) is 7.54. The Morgan fingerprint density at radius 3 is 2.03 bits per heavy atom. The van der Waals surface area contributed by atoms with Crippen LogP contribution in [-0.4, -0.2) is 4.57 Å². The quantitative estimate of drug-likeness (QED) is 0.316. The molecule has 0 radical (unpaired) electrons. The fourth-order valence-corrected chi connectivity index (χ4v) is 3.94. The molecule has 0 fully saturated rings. The van der Waals surface area contributed by atoms with E-state index in [1.54, 1.807) is 0 Å². The third-order valence-corrected chi connectivity index (χ3v) is 5.46. The first-order valence-corrected chi connectivity index (χ1v) is 10.3. The van der Waals surface area contributed by atoms with E-state index in [1.807, 2.05) is 0 Å². The number of para-hydroxylation sites is 1. The van der Waals surface area contributed by atoms with Gasteiger partial charge in [-0.3, -0.25) is 0 Å². The summed E-state index contributed by atoms with van der Waals surface area (Å²) in [6.45, 7) is 0. The zero-order chi connectivity index (χ0) is 20.2. The topological polar surface area (TPSA) is 4.93 Å². The number of rotatable bonds is 3. The Balaban J connectivity index is 0.000000229. The van der Waals surface area contributed by atoms with Crippen LogP contribution in [0.4, 0.5) is 0 Å². The third-order valence-electron chi connectivity index (χ3n) is 5.46. The van der Waals surface area contributed by atoms with Gasteiger partial charge >= 0.3 is 26.2 Å². The van der Waals surface area contributed by atoms with Crippen LogP contribution >= 0.6 is 0 Å². The molecule has 4 heteroatoms. The van der Waals surface area contributed by atoms with E-state index in [-0.39, 0.29) is 35.6 Å². The van der Waals surface area contributed by atoms with Gasteiger partial charge in [0.1, 0.15) is 0 Å². The van der Waals surface area contributed by atoms with Gasteiger partial charge in [0, 0.05) is 6.20 Å².